The van der Waals surface area contributed by atoms with Gasteiger partial charge in [0.15, 0.2) is 0 Å². The van der Waals surface area contributed by atoms with Gasteiger partial charge in [-0.05, 0) is 30.3 Å². The Morgan fingerprint density at radius 3 is 2.63 bits per heavy atom. The van der Waals surface area contributed by atoms with Crippen LogP contribution < -0.4 is 4.74 Å². The summed E-state index contributed by atoms with van der Waals surface area (Å²) in [5, 5.41) is 10.3. The lowest BCUT2D eigenvalue weighted by molar-refractivity contribution is 0.207. The quantitative estimate of drug-likeness (QED) is 0.881. The summed E-state index contributed by atoms with van der Waals surface area (Å²) in [5.41, 5.74) is 0.0128. The summed E-state index contributed by atoms with van der Waals surface area (Å²) in [5.74, 6) is -1.30. The van der Waals surface area contributed by atoms with Crippen molar-refractivity contribution in [1.82, 2.24) is 4.98 Å². The second kappa shape index (κ2) is 5.50. The van der Waals surface area contributed by atoms with Crippen LogP contribution in [0.2, 0.25) is 5.15 Å². The smallest absolute Gasteiger partial charge is 0.220 e. The Bertz CT molecular complexity index is 607. The van der Waals surface area contributed by atoms with Crippen LogP contribution in [0.3, 0.4) is 0 Å². The summed E-state index contributed by atoms with van der Waals surface area (Å²) in [7, 11) is 1.34. The first-order chi connectivity index (χ1) is 9.02. The molecule has 1 unspecified atom stereocenters. The molecule has 0 radical (unpaired) electrons. The van der Waals surface area contributed by atoms with Gasteiger partial charge in [0.05, 0.1) is 7.11 Å². The van der Waals surface area contributed by atoms with Crippen molar-refractivity contribution in [2.75, 3.05) is 7.11 Å². The minimum absolute atomic E-state index is 0.0589. The molecule has 0 amide bonds. The minimum atomic E-state index is -1.39. The van der Waals surface area contributed by atoms with Crippen LogP contribution in [0, 0.1) is 11.6 Å². The molecule has 1 N–H and O–H groups in total. The molecule has 1 aromatic heterocycles. The first-order valence-electron chi connectivity index (χ1n) is 5.36. The number of nitrogens with zero attached hydrogens (tertiary/aromatic N) is 1. The van der Waals surface area contributed by atoms with Gasteiger partial charge in [-0.2, -0.15) is 0 Å². The van der Waals surface area contributed by atoms with Crippen LogP contribution in [-0.4, -0.2) is 17.2 Å². The molecule has 0 bridgehead atoms. The van der Waals surface area contributed by atoms with Crippen molar-refractivity contribution in [3.05, 3.63) is 58.2 Å². The average Bonchev–Trinajstić information content (AvgIpc) is 2.40. The van der Waals surface area contributed by atoms with Gasteiger partial charge in [0.1, 0.15) is 22.9 Å². The number of aliphatic hydroxyl groups is 1. The Balaban J connectivity index is 2.49. The Morgan fingerprint density at radius 2 is 1.95 bits per heavy atom. The Hall–Kier alpha value is -1.72. The number of hydrogen-bond acceptors (Lipinski definition) is 3. The lowest BCUT2D eigenvalue weighted by atomic mass is 10.0. The van der Waals surface area contributed by atoms with Gasteiger partial charge in [0.2, 0.25) is 5.88 Å². The molecule has 19 heavy (non-hydrogen) atoms. The first kappa shape index (κ1) is 13.7. The van der Waals surface area contributed by atoms with Gasteiger partial charge in [-0.25, -0.2) is 13.8 Å². The molecular weight excluding hydrogens is 276 g/mol. The molecule has 1 atom stereocenters. The standard InChI is InChI=1S/C13H10ClF2NO2/c1-19-13-8(3-5-11(14)17-13)12(18)9-6-7(15)2-4-10(9)16/h2-6,12,18H,1H3. The molecule has 0 aliphatic heterocycles. The lowest BCUT2D eigenvalue weighted by Gasteiger charge is -2.15. The Morgan fingerprint density at radius 1 is 1.21 bits per heavy atom. The molecule has 0 saturated heterocycles. The van der Waals surface area contributed by atoms with Crippen molar-refractivity contribution < 1.29 is 18.6 Å². The number of rotatable bonds is 3. The molecule has 2 aromatic rings. The summed E-state index contributed by atoms with van der Waals surface area (Å²) in [4.78, 5) is 3.86. The average molecular weight is 286 g/mol. The van der Waals surface area contributed by atoms with Crippen LogP contribution in [-0.2, 0) is 0 Å². The Labute approximate surface area is 113 Å². The summed E-state index contributed by atoms with van der Waals surface area (Å²) < 4.78 is 31.7. The summed E-state index contributed by atoms with van der Waals surface area (Å²) in [6.45, 7) is 0. The van der Waals surface area contributed by atoms with E-state index in [9.17, 15) is 13.9 Å². The zero-order chi connectivity index (χ0) is 14.0. The summed E-state index contributed by atoms with van der Waals surface area (Å²) >= 11 is 5.70. The second-order valence-corrected chi connectivity index (χ2v) is 4.19. The fourth-order valence-corrected chi connectivity index (χ4v) is 1.83. The first-order valence-corrected chi connectivity index (χ1v) is 5.74. The summed E-state index contributed by atoms with van der Waals surface area (Å²) in [6, 6.07) is 5.73. The maximum atomic E-state index is 13.6. The third-order valence-electron chi connectivity index (χ3n) is 2.60. The van der Waals surface area contributed by atoms with Gasteiger partial charge in [-0.3, -0.25) is 0 Å². The number of pyridine rings is 1. The van der Waals surface area contributed by atoms with Crippen molar-refractivity contribution in [2.24, 2.45) is 0 Å². The molecule has 3 nitrogen and oxygen atoms in total. The van der Waals surface area contributed by atoms with Crippen LogP contribution >= 0.6 is 11.6 Å². The predicted molar refractivity (Wildman–Crippen MR) is 66.2 cm³/mol. The summed E-state index contributed by atoms with van der Waals surface area (Å²) in [6.07, 6.45) is -1.39. The normalized spacial score (nSPS) is 12.3. The van der Waals surface area contributed by atoms with Crippen LogP contribution in [0.5, 0.6) is 5.88 Å². The third kappa shape index (κ3) is 2.83. The van der Waals surface area contributed by atoms with E-state index in [2.05, 4.69) is 4.98 Å². The molecular formula is C13H10ClF2NO2. The molecule has 0 aliphatic carbocycles. The van der Waals surface area contributed by atoms with E-state index >= 15 is 0 Å². The number of halogens is 3. The molecule has 0 spiro atoms. The largest absolute Gasteiger partial charge is 0.481 e. The predicted octanol–water partition coefficient (Wildman–Crippen LogP) is 3.10. The van der Waals surface area contributed by atoms with E-state index in [1.165, 1.54) is 19.2 Å². The molecule has 0 aliphatic rings. The van der Waals surface area contributed by atoms with E-state index < -0.39 is 17.7 Å². The molecule has 0 fully saturated rings. The zero-order valence-electron chi connectivity index (χ0n) is 9.90. The second-order valence-electron chi connectivity index (χ2n) is 3.80. The van der Waals surface area contributed by atoms with E-state index in [1.807, 2.05) is 0 Å². The SMILES string of the molecule is COc1nc(Cl)ccc1C(O)c1cc(F)ccc1F. The lowest BCUT2D eigenvalue weighted by Crippen LogP contribution is -2.06. The number of ether oxygens (including phenoxy) is 1. The van der Waals surface area contributed by atoms with Gasteiger partial charge in [-0.15, -0.1) is 0 Å². The fraction of sp³-hybridized carbons (Fsp3) is 0.154. The topological polar surface area (TPSA) is 42.4 Å². The molecule has 6 heteroatoms. The van der Waals surface area contributed by atoms with E-state index in [1.54, 1.807) is 0 Å². The van der Waals surface area contributed by atoms with Crippen molar-refractivity contribution in [3.8, 4) is 5.88 Å². The molecule has 1 heterocycles. The van der Waals surface area contributed by atoms with Crippen molar-refractivity contribution in [1.29, 1.82) is 0 Å². The van der Waals surface area contributed by atoms with Crippen molar-refractivity contribution in [2.45, 2.75) is 6.10 Å². The maximum absolute atomic E-state index is 13.6. The molecule has 0 saturated carbocycles. The minimum Gasteiger partial charge on any atom is -0.481 e. The van der Waals surface area contributed by atoms with Gasteiger partial charge in [0.25, 0.3) is 0 Å². The monoisotopic (exact) mass is 285 g/mol. The highest BCUT2D eigenvalue weighted by molar-refractivity contribution is 6.29. The molecule has 1 aromatic carbocycles. The molecule has 100 valence electrons. The van der Waals surface area contributed by atoms with Crippen LogP contribution in [0.1, 0.15) is 17.2 Å². The van der Waals surface area contributed by atoms with Gasteiger partial charge < -0.3 is 9.84 Å². The number of benzene rings is 1. The Kier molecular flexibility index (Phi) is 3.97. The third-order valence-corrected chi connectivity index (χ3v) is 2.81. The highest BCUT2D eigenvalue weighted by atomic mass is 35.5. The maximum Gasteiger partial charge on any atom is 0.220 e. The number of aromatic nitrogens is 1. The highest BCUT2D eigenvalue weighted by Gasteiger charge is 2.20. The van der Waals surface area contributed by atoms with Crippen LogP contribution in [0.25, 0.3) is 0 Å². The number of methoxy groups -OCH3 is 1. The highest BCUT2D eigenvalue weighted by Crippen LogP contribution is 2.31. The zero-order valence-corrected chi connectivity index (χ0v) is 10.7. The van der Waals surface area contributed by atoms with Crippen LogP contribution in [0.4, 0.5) is 8.78 Å². The van der Waals surface area contributed by atoms with E-state index in [0.717, 1.165) is 18.2 Å². The van der Waals surface area contributed by atoms with Gasteiger partial charge >= 0.3 is 0 Å². The number of aliphatic hydroxyl groups excluding tert-OH is 1. The van der Waals surface area contributed by atoms with Crippen LogP contribution in [0.15, 0.2) is 30.3 Å². The van der Waals surface area contributed by atoms with Gasteiger partial charge in [0, 0.05) is 11.1 Å². The van der Waals surface area contributed by atoms with E-state index in [4.69, 9.17) is 16.3 Å². The van der Waals surface area contributed by atoms with Gasteiger partial charge in [-0.1, -0.05) is 11.6 Å². The fourth-order valence-electron chi connectivity index (χ4n) is 1.69. The number of hydrogen-bond donors (Lipinski definition) is 1. The van der Waals surface area contributed by atoms with Crippen molar-refractivity contribution in [3.63, 3.8) is 0 Å². The molecule has 2 rings (SSSR count). The van der Waals surface area contributed by atoms with E-state index in [0.29, 0.717) is 0 Å². The van der Waals surface area contributed by atoms with E-state index in [-0.39, 0.29) is 22.2 Å². The van der Waals surface area contributed by atoms with Crippen molar-refractivity contribution >= 4 is 11.6 Å².